The Balaban J connectivity index is 1.54. The molecule has 34 heavy (non-hydrogen) atoms. The molecule has 1 saturated heterocycles. The number of urea groups is 1. The van der Waals surface area contributed by atoms with Gasteiger partial charge in [0.2, 0.25) is 5.91 Å². The zero-order valence-corrected chi connectivity index (χ0v) is 19.5. The van der Waals surface area contributed by atoms with E-state index in [1.165, 1.54) is 35.5 Å². The molecular weight excluding hydrogens is 454 g/mol. The van der Waals surface area contributed by atoms with Crippen LogP contribution in [-0.2, 0) is 20.9 Å². The second-order valence-corrected chi connectivity index (χ2v) is 8.87. The van der Waals surface area contributed by atoms with Gasteiger partial charge >= 0.3 is 12.0 Å². The molecule has 8 nitrogen and oxygen atoms in total. The molecule has 4 rings (SSSR count). The number of imide groups is 1. The Morgan fingerprint density at radius 1 is 1.06 bits per heavy atom. The third kappa shape index (κ3) is 4.84. The van der Waals surface area contributed by atoms with Crippen LogP contribution in [0.3, 0.4) is 0 Å². The molecule has 9 heteroatoms. The number of rotatable bonds is 7. The van der Waals surface area contributed by atoms with E-state index in [1.807, 2.05) is 30.5 Å². The highest BCUT2D eigenvalue weighted by atomic mass is 32.1. The van der Waals surface area contributed by atoms with Gasteiger partial charge in [0.1, 0.15) is 6.04 Å². The summed E-state index contributed by atoms with van der Waals surface area (Å²) >= 11 is 1.48. The van der Waals surface area contributed by atoms with Crippen molar-refractivity contribution < 1.29 is 23.9 Å². The van der Waals surface area contributed by atoms with E-state index in [9.17, 15) is 19.2 Å². The summed E-state index contributed by atoms with van der Waals surface area (Å²) in [6.07, 6.45) is -0.197. The van der Waals surface area contributed by atoms with Gasteiger partial charge in [-0.05, 0) is 60.3 Å². The standard InChI is InChI=1S/C25H23N3O5S/c1-16-5-3-6-19(13-16)28-23(30)21(27(25(28)32)15-20-7-4-12-34-20)14-22(29)26-18-10-8-17(9-11-18)24(31)33-2/h3-13,21H,14-15H2,1-2H3,(H,26,29)/t21-/m1/s1. The molecule has 0 saturated carbocycles. The number of benzene rings is 2. The highest BCUT2D eigenvalue weighted by Gasteiger charge is 2.46. The molecule has 0 unspecified atom stereocenters. The molecule has 1 aliphatic rings. The molecule has 1 fully saturated rings. The van der Waals surface area contributed by atoms with Crippen LogP contribution in [0.5, 0.6) is 0 Å². The van der Waals surface area contributed by atoms with Crippen molar-refractivity contribution in [3.63, 3.8) is 0 Å². The van der Waals surface area contributed by atoms with Gasteiger partial charge in [0, 0.05) is 10.6 Å². The fraction of sp³-hybridized carbons (Fsp3) is 0.200. The van der Waals surface area contributed by atoms with Crippen molar-refractivity contribution >= 4 is 46.5 Å². The average molecular weight is 478 g/mol. The quantitative estimate of drug-likeness (QED) is 0.406. The number of anilines is 2. The van der Waals surface area contributed by atoms with Crippen LogP contribution < -0.4 is 10.2 Å². The number of nitrogens with zero attached hydrogens (tertiary/aromatic N) is 2. The van der Waals surface area contributed by atoms with Crippen LogP contribution in [-0.4, -0.2) is 41.9 Å². The van der Waals surface area contributed by atoms with Crippen LogP contribution in [0.15, 0.2) is 66.0 Å². The molecule has 0 radical (unpaired) electrons. The molecule has 4 amide bonds. The molecule has 0 bridgehead atoms. The zero-order valence-electron chi connectivity index (χ0n) is 18.7. The molecule has 0 spiro atoms. The maximum atomic E-state index is 13.3. The van der Waals surface area contributed by atoms with Crippen LogP contribution in [0.2, 0.25) is 0 Å². The van der Waals surface area contributed by atoms with Crippen molar-refractivity contribution in [1.82, 2.24) is 4.90 Å². The number of ether oxygens (including phenoxy) is 1. The predicted octanol–water partition coefficient (Wildman–Crippen LogP) is 4.21. The molecule has 3 aromatic rings. The van der Waals surface area contributed by atoms with Crippen LogP contribution in [0.1, 0.15) is 27.2 Å². The Kier molecular flexibility index (Phi) is 6.74. The number of carbonyl (C=O) groups is 4. The smallest absolute Gasteiger partial charge is 0.337 e. The van der Waals surface area contributed by atoms with E-state index >= 15 is 0 Å². The lowest BCUT2D eigenvalue weighted by Crippen LogP contribution is -2.37. The van der Waals surface area contributed by atoms with Gasteiger partial charge in [-0.3, -0.25) is 9.59 Å². The number of methoxy groups -OCH3 is 1. The SMILES string of the molecule is COC(=O)c1ccc(NC(=O)C[C@@H]2C(=O)N(c3cccc(C)c3)C(=O)N2Cc2cccs2)cc1. The van der Waals surface area contributed by atoms with E-state index in [1.54, 1.807) is 30.3 Å². The van der Waals surface area contributed by atoms with E-state index in [-0.39, 0.29) is 13.0 Å². The molecule has 1 N–H and O–H groups in total. The van der Waals surface area contributed by atoms with Crippen molar-refractivity contribution in [1.29, 1.82) is 0 Å². The van der Waals surface area contributed by atoms with Crippen molar-refractivity contribution in [2.24, 2.45) is 0 Å². The third-order valence-corrected chi connectivity index (χ3v) is 6.31. The number of thiophene rings is 1. The van der Waals surface area contributed by atoms with Gasteiger partial charge in [-0.1, -0.05) is 18.2 Å². The monoisotopic (exact) mass is 477 g/mol. The number of amides is 4. The third-order valence-electron chi connectivity index (χ3n) is 5.45. The Hall–Kier alpha value is -3.98. The summed E-state index contributed by atoms with van der Waals surface area (Å²) in [5.74, 6) is -1.34. The fourth-order valence-corrected chi connectivity index (χ4v) is 4.49. The lowest BCUT2D eigenvalue weighted by atomic mass is 10.1. The highest BCUT2D eigenvalue weighted by molar-refractivity contribution is 7.09. The van der Waals surface area contributed by atoms with Gasteiger partial charge in [-0.15, -0.1) is 11.3 Å². The first kappa shape index (κ1) is 23.2. The van der Waals surface area contributed by atoms with E-state index < -0.39 is 29.9 Å². The fourth-order valence-electron chi connectivity index (χ4n) is 3.78. The summed E-state index contributed by atoms with van der Waals surface area (Å²) < 4.78 is 4.67. The highest BCUT2D eigenvalue weighted by Crippen LogP contribution is 2.30. The Labute approximate surface area is 200 Å². The molecule has 2 aromatic carbocycles. The minimum atomic E-state index is -0.940. The largest absolute Gasteiger partial charge is 0.465 e. The first-order valence-electron chi connectivity index (χ1n) is 10.6. The second kappa shape index (κ2) is 9.88. The minimum Gasteiger partial charge on any atom is -0.465 e. The Bertz CT molecular complexity index is 1220. The summed E-state index contributed by atoms with van der Waals surface area (Å²) in [5, 5.41) is 4.63. The van der Waals surface area contributed by atoms with Crippen LogP contribution in [0.4, 0.5) is 16.2 Å². The molecule has 2 heterocycles. The number of carbonyl (C=O) groups excluding carboxylic acids is 4. The number of hydrogen-bond acceptors (Lipinski definition) is 6. The first-order chi connectivity index (χ1) is 16.4. The Morgan fingerprint density at radius 3 is 2.47 bits per heavy atom. The van der Waals surface area contributed by atoms with Crippen molar-refractivity contribution in [3.8, 4) is 0 Å². The molecule has 1 atom stereocenters. The summed E-state index contributed by atoms with van der Waals surface area (Å²) in [4.78, 5) is 54.6. The number of hydrogen-bond donors (Lipinski definition) is 1. The van der Waals surface area contributed by atoms with Crippen molar-refractivity contribution in [2.45, 2.75) is 25.9 Å². The Morgan fingerprint density at radius 2 is 1.82 bits per heavy atom. The van der Waals surface area contributed by atoms with Gasteiger partial charge in [0.15, 0.2) is 0 Å². The molecule has 174 valence electrons. The lowest BCUT2D eigenvalue weighted by molar-refractivity contribution is -0.124. The van der Waals surface area contributed by atoms with E-state index in [0.29, 0.717) is 16.9 Å². The van der Waals surface area contributed by atoms with Crippen LogP contribution in [0, 0.1) is 6.92 Å². The molecular formula is C25H23N3O5S. The maximum Gasteiger partial charge on any atom is 0.337 e. The molecule has 1 aromatic heterocycles. The van der Waals surface area contributed by atoms with Gasteiger partial charge in [0.05, 0.1) is 31.3 Å². The number of nitrogens with one attached hydrogen (secondary N) is 1. The lowest BCUT2D eigenvalue weighted by Gasteiger charge is -2.21. The topological polar surface area (TPSA) is 96.0 Å². The molecule has 0 aliphatic carbocycles. The van der Waals surface area contributed by atoms with E-state index in [2.05, 4.69) is 10.1 Å². The van der Waals surface area contributed by atoms with Crippen LogP contribution in [0.25, 0.3) is 0 Å². The number of aryl methyl sites for hydroxylation is 1. The second-order valence-electron chi connectivity index (χ2n) is 7.84. The van der Waals surface area contributed by atoms with Gasteiger partial charge in [-0.2, -0.15) is 0 Å². The summed E-state index contributed by atoms with van der Waals surface area (Å²) in [6.45, 7) is 2.12. The maximum absolute atomic E-state index is 13.3. The van der Waals surface area contributed by atoms with Crippen molar-refractivity contribution in [3.05, 3.63) is 82.0 Å². The first-order valence-corrected chi connectivity index (χ1v) is 11.5. The summed E-state index contributed by atoms with van der Waals surface area (Å²) in [7, 11) is 1.29. The van der Waals surface area contributed by atoms with Gasteiger partial charge in [-0.25, -0.2) is 14.5 Å². The van der Waals surface area contributed by atoms with E-state index in [0.717, 1.165) is 15.3 Å². The zero-order chi connectivity index (χ0) is 24.2. The number of esters is 1. The van der Waals surface area contributed by atoms with Gasteiger partial charge < -0.3 is 15.0 Å². The summed E-state index contributed by atoms with van der Waals surface area (Å²) in [5.41, 5.74) is 2.22. The minimum absolute atomic E-state index is 0.197. The van der Waals surface area contributed by atoms with Gasteiger partial charge in [0.25, 0.3) is 5.91 Å². The predicted molar refractivity (Wildman–Crippen MR) is 129 cm³/mol. The van der Waals surface area contributed by atoms with Crippen LogP contribution >= 0.6 is 11.3 Å². The van der Waals surface area contributed by atoms with E-state index in [4.69, 9.17) is 0 Å². The average Bonchev–Trinajstić information content (AvgIpc) is 3.41. The summed E-state index contributed by atoms with van der Waals surface area (Å²) in [6, 6.07) is 15.7. The van der Waals surface area contributed by atoms with Crippen molar-refractivity contribution in [2.75, 3.05) is 17.3 Å². The normalized spacial score (nSPS) is 15.5. The molecule has 1 aliphatic heterocycles.